The predicted octanol–water partition coefficient (Wildman–Crippen LogP) is 4.46. The summed E-state index contributed by atoms with van der Waals surface area (Å²) in [5, 5.41) is 0. The molecule has 1 aromatic carbocycles. The predicted molar refractivity (Wildman–Crippen MR) is 117 cm³/mol. The minimum atomic E-state index is 0.319. The number of ether oxygens (including phenoxy) is 3. The lowest BCUT2D eigenvalue weighted by Crippen LogP contribution is -2.32. The number of aryl methyl sites for hydroxylation is 2. The summed E-state index contributed by atoms with van der Waals surface area (Å²) in [7, 11) is 0. The van der Waals surface area contributed by atoms with Crippen molar-refractivity contribution in [2.45, 2.75) is 66.1 Å². The maximum Gasteiger partial charge on any atom is 0.231 e. The van der Waals surface area contributed by atoms with Gasteiger partial charge in [0.15, 0.2) is 11.5 Å². The minimum absolute atomic E-state index is 0.319. The third-order valence-electron chi connectivity index (χ3n) is 6.27. The largest absolute Gasteiger partial charge is 0.454 e. The minimum Gasteiger partial charge on any atom is -0.454 e. The molecule has 164 valence electrons. The van der Waals surface area contributed by atoms with Gasteiger partial charge in [-0.15, -0.1) is 0 Å². The molecule has 0 atom stereocenters. The zero-order valence-electron chi connectivity index (χ0n) is 18.7. The van der Waals surface area contributed by atoms with Gasteiger partial charge in [0.2, 0.25) is 6.79 Å². The van der Waals surface area contributed by atoms with Crippen molar-refractivity contribution >= 4 is 0 Å². The van der Waals surface area contributed by atoms with E-state index in [9.17, 15) is 0 Å². The van der Waals surface area contributed by atoms with Crippen molar-refractivity contribution in [2.75, 3.05) is 26.6 Å². The van der Waals surface area contributed by atoms with Crippen molar-refractivity contribution < 1.29 is 14.2 Å². The first-order valence-corrected chi connectivity index (χ1v) is 11.3. The van der Waals surface area contributed by atoms with Crippen LogP contribution < -0.4 is 9.47 Å². The van der Waals surface area contributed by atoms with E-state index in [2.05, 4.69) is 42.4 Å². The fraction of sp³-hybridized carbons (Fsp3) is 0.625. The molecular formula is C24H35N3O3. The van der Waals surface area contributed by atoms with Crippen molar-refractivity contribution in [1.29, 1.82) is 0 Å². The number of aromatic nitrogens is 2. The van der Waals surface area contributed by atoms with Crippen LogP contribution in [-0.2, 0) is 24.4 Å². The topological polar surface area (TPSA) is 48.8 Å². The van der Waals surface area contributed by atoms with Gasteiger partial charge in [-0.05, 0) is 56.7 Å². The monoisotopic (exact) mass is 413 g/mol. The molecule has 2 aromatic rings. The zero-order valence-corrected chi connectivity index (χ0v) is 18.7. The Balaban J connectivity index is 1.54. The van der Waals surface area contributed by atoms with Gasteiger partial charge in [0, 0.05) is 39.4 Å². The summed E-state index contributed by atoms with van der Waals surface area (Å²) in [5.74, 6) is 3.52. The Morgan fingerprint density at radius 2 is 1.90 bits per heavy atom. The Bertz CT molecular complexity index is 842. The van der Waals surface area contributed by atoms with Crippen molar-refractivity contribution in [3.63, 3.8) is 0 Å². The van der Waals surface area contributed by atoms with Gasteiger partial charge in [-0.1, -0.05) is 19.4 Å². The zero-order chi connectivity index (χ0) is 20.9. The second kappa shape index (κ2) is 9.84. The van der Waals surface area contributed by atoms with Crippen LogP contribution in [0.3, 0.4) is 0 Å². The van der Waals surface area contributed by atoms with E-state index in [4.69, 9.17) is 19.2 Å². The van der Waals surface area contributed by atoms with Crippen LogP contribution in [0.25, 0.3) is 0 Å². The van der Waals surface area contributed by atoms with E-state index >= 15 is 0 Å². The number of benzene rings is 1. The molecule has 0 saturated carbocycles. The fourth-order valence-electron chi connectivity index (χ4n) is 4.56. The summed E-state index contributed by atoms with van der Waals surface area (Å²) >= 11 is 0. The van der Waals surface area contributed by atoms with Crippen molar-refractivity contribution in [3.05, 3.63) is 41.0 Å². The van der Waals surface area contributed by atoms with Crippen LogP contribution in [-0.4, -0.2) is 41.0 Å². The highest BCUT2D eigenvalue weighted by atomic mass is 16.7. The van der Waals surface area contributed by atoms with Crippen LogP contribution in [0.1, 0.15) is 55.4 Å². The Labute approximate surface area is 180 Å². The molecule has 0 aliphatic carbocycles. The average Bonchev–Trinajstić information content (AvgIpc) is 3.31. The maximum absolute atomic E-state index is 5.60. The van der Waals surface area contributed by atoms with Gasteiger partial charge in [0.05, 0.1) is 11.4 Å². The SMILES string of the molecule is CCCCn1c(C)nc(C)c1CN(Cc1ccc2c(c1)OCO2)CC1CCOCC1. The molecule has 4 rings (SSSR count). The summed E-state index contributed by atoms with van der Waals surface area (Å²) in [6.07, 6.45) is 4.67. The highest BCUT2D eigenvalue weighted by molar-refractivity contribution is 5.44. The smallest absolute Gasteiger partial charge is 0.231 e. The van der Waals surface area contributed by atoms with Gasteiger partial charge in [-0.25, -0.2) is 4.98 Å². The highest BCUT2D eigenvalue weighted by Gasteiger charge is 2.22. The Hall–Kier alpha value is -2.05. The molecule has 1 saturated heterocycles. The molecule has 30 heavy (non-hydrogen) atoms. The number of fused-ring (bicyclic) bond motifs is 1. The normalized spacial score (nSPS) is 16.5. The van der Waals surface area contributed by atoms with E-state index in [1.807, 2.05) is 6.07 Å². The summed E-state index contributed by atoms with van der Waals surface area (Å²) in [5.41, 5.74) is 3.78. The number of unbranched alkanes of at least 4 members (excludes halogenated alkanes) is 1. The van der Waals surface area contributed by atoms with Gasteiger partial charge >= 0.3 is 0 Å². The first kappa shape index (κ1) is 21.2. The third-order valence-corrected chi connectivity index (χ3v) is 6.27. The van der Waals surface area contributed by atoms with Crippen molar-refractivity contribution in [1.82, 2.24) is 14.5 Å². The van der Waals surface area contributed by atoms with E-state index in [1.165, 1.54) is 24.1 Å². The number of nitrogens with zero attached hydrogens (tertiary/aromatic N) is 3. The molecule has 6 heteroatoms. The van der Waals surface area contributed by atoms with Crippen molar-refractivity contribution in [3.8, 4) is 11.5 Å². The summed E-state index contributed by atoms with van der Waals surface area (Å²) in [4.78, 5) is 7.38. The van der Waals surface area contributed by atoms with E-state index in [1.54, 1.807) is 0 Å². The lowest BCUT2D eigenvalue weighted by molar-refractivity contribution is 0.0498. The molecule has 1 fully saturated rings. The molecule has 0 spiro atoms. The number of hydrogen-bond donors (Lipinski definition) is 0. The molecule has 3 heterocycles. The highest BCUT2D eigenvalue weighted by Crippen LogP contribution is 2.33. The van der Waals surface area contributed by atoms with Crippen LogP contribution in [0, 0.1) is 19.8 Å². The maximum atomic E-state index is 5.60. The van der Waals surface area contributed by atoms with Crippen LogP contribution in [0.4, 0.5) is 0 Å². The fourth-order valence-corrected chi connectivity index (χ4v) is 4.56. The third kappa shape index (κ3) is 4.98. The molecule has 0 radical (unpaired) electrons. The Kier molecular flexibility index (Phi) is 6.95. The molecular weight excluding hydrogens is 378 g/mol. The Morgan fingerprint density at radius 1 is 1.10 bits per heavy atom. The summed E-state index contributed by atoms with van der Waals surface area (Å²) in [6.45, 7) is 12.6. The van der Waals surface area contributed by atoms with Crippen LogP contribution in [0.5, 0.6) is 11.5 Å². The second-order valence-electron chi connectivity index (χ2n) is 8.61. The molecule has 1 aromatic heterocycles. The van der Waals surface area contributed by atoms with E-state index < -0.39 is 0 Å². The van der Waals surface area contributed by atoms with Crippen LogP contribution >= 0.6 is 0 Å². The lowest BCUT2D eigenvalue weighted by Gasteiger charge is -2.30. The standard InChI is InChI=1S/C24H35N3O3/c1-4-5-10-27-19(3)25-18(2)22(27)16-26(14-20-8-11-28-12-9-20)15-21-6-7-23-24(13-21)30-17-29-23/h6-7,13,20H,4-5,8-12,14-17H2,1-3H3. The number of rotatable bonds is 9. The summed E-state index contributed by atoms with van der Waals surface area (Å²) in [6, 6.07) is 6.33. The Morgan fingerprint density at radius 3 is 2.70 bits per heavy atom. The van der Waals surface area contributed by atoms with E-state index in [-0.39, 0.29) is 0 Å². The van der Waals surface area contributed by atoms with Gasteiger partial charge in [0.25, 0.3) is 0 Å². The first-order valence-electron chi connectivity index (χ1n) is 11.3. The molecule has 0 N–H and O–H groups in total. The van der Waals surface area contributed by atoms with Gasteiger partial charge < -0.3 is 18.8 Å². The molecule has 6 nitrogen and oxygen atoms in total. The molecule has 0 bridgehead atoms. The number of hydrogen-bond acceptors (Lipinski definition) is 5. The molecule has 0 amide bonds. The van der Waals surface area contributed by atoms with E-state index in [0.717, 1.165) is 75.3 Å². The van der Waals surface area contributed by atoms with Crippen LogP contribution in [0.2, 0.25) is 0 Å². The molecule has 2 aliphatic rings. The molecule has 0 unspecified atom stereocenters. The molecule has 2 aliphatic heterocycles. The van der Waals surface area contributed by atoms with Crippen molar-refractivity contribution in [2.24, 2.45) is 5.92 Å². The van der Waals surface area contributed by atoms with Crippen LogP contribution in [0.15, 0.2) is 18.2 Å². The number of imidazole rings is 1. The van der Waals surface area contributed by atoms with Gasteiger partial charge in [-0.2, -0.15) is 0 Å². The lowest BCUT2D eigenvalue weighted by atomic mass is 9.99. The summed E-state index contributed by atoms with van der Waals surface area (Å²) < 4.78 is 19.1. The quantitative estimate of drug-likeness (QED) is 0.608. The van der Waals surface area contributed by atoms with Gasteiger partial charge in [0.1, 0.15) is 5.82 Å². The van der Waals surface area contributed by atoms with E-state index in [0.29, 0.717) is 12.7 Å². The average molecular weight is 414 g/mol. The second-order valence-corrected chi connectivity index (χ2v) is 8.61. The van der Waals surface area contributed by atoms with Gasteiger partial charge in [-0.3, -0.25) is 4.90 Å². The first-order chi connectivity index (χ1) is 14.6.